The molecular weight excluding hydrogens is 959 g/mol. The van der Waals surface area contributed by atoms with E-state index in [1.807, 2.05) is 14.1 Å². The number of nitro groups is 2. The van der Waals surface area contributed by atoms with Crippen LogP contribution >= 0.6 is 0 Å². The Morgan fingerprint density at radius 2 is 0.861 bits per heavy atom. The molecule has 5 saturated heterocycles. The standard InChI is InChI=1S/C20H24N4O8.C15H21N3O4.C9H8N2O7/c1-13(31-20(28)32-23-17(25)5-6-18(23)26)11-14-3-4-15(12-16(14)24(29)30)19(27)22-9-7-21(2)8-10-22;1-11(19)9-12-3-4-13(10-14(12)18(21)22)15(20)17-7-5-16(2)6-8-17;12-5-1-2-6(13)10(5)17-9(16)18-11-7(14)3-4-8(11)15/h3-4,12-13H,5-11H2,1-2H3;3-4,10-11,19H,5-9H2,1-2H3;1-4H2. The fraction of sp³-hybridized carbons (Fsp3) is 0.500. The second-order valence-corrected chi connectivity index (χ2v) is 17.1. The summed E-state index contributed by atoms with van der Waals surface area (Å²) in [5.74, 6) is -4.48. The topological polar surface area (TPSA) is 337 Å². The molecule has 2 aromatic carbocycles. The maximum atomic E-state index is 12.7. The van der Waals surface area contributed by atoms with E-state index in [-0.39, 0.29) is 95.8 Å². The molecule has 2 aromatic rings. The van der Waals surface area contributed by atoms with Gasteiger partial charge in [0.25, 0.3) is 58.6 Å². The van der Waals surface area contributed by atoms with E-state index in [1.54, 1.807) is 28.9 Å². The number of hydrogen-bond acceptors (Lipinski definition) is 21. The van der Waals surface area contributed by atoms with Gasteiger partial charge >= 0.3 is 12.3 Å². The second-order valence-electron chi connectivity index (χ2n) is 17.1. The van der Waals surface area contributed by atoms with Crippen LogP contribution in [0, 0.1) is 20.2 Å². The van der Waals surface area contributed by atoms with Gasteiger partial charge in [-0.3, -0.25) is 73.1 Å². The first kappa shape index (κ1) is 55.0. The van der Waals surface area contributed by atoms with Crippen LogP contribution < -0.4 is 0 Å². The zero-order chi connectivity index (χ0) is 53.0. The highest BCUT2D eigenvalue weighted by atomic mass is 16.9. The first-order valence-corrected chi connectivity index (χ1v) is 22.6. The normalized spacial score (nSPS) is 18.2. The molecule has 0 spiro atoms. The average molecular weight is 1010 g/mol. The van der Waals surface area contributed by atoms with Crippen molar-refractivity contribution in [2.75, 3.05) is 66.5 Å². The molecule has 2 unspecified atom stereocenters. The number of nitro benzene ring substituents is 2. The van der Waals surface area contributed by atoms with Crippen LogP contribution in [0.4, 0.5) is 21.0 Å². The minimum Gasteiger partial charge on any atom is -0.429 e. The Hall–Kier alpha value is -7.98. The highest BCUT2D eigenvalue weighted by Crippen LogP contribution is 2.26. The molecule has 0 bridgehead atoms. The summed E-state index contributed by atoms with van der Waals surface area (Å²) in [5.41, 5.74) is 0.864. The van der Waals surface area contributed by atoms with Crippen LogP contribution in [-0.4, -0.2) is 188 Å². The first-order chi connectivity index (χ1) is 34.0. The summed E-state index contributed by atoms with van der Waals surface area (Å²) in [6.45, 7) is 8.45. The highest BCUT2D eigenvalue weighted by Gasteiger charge is 2.38. The Morgan fingerprint density at radius 1 is 0.542 bits per heavy atom. The lowest BCUT2D eigenvalue weighted by Gasteiger charge is -2.32. The minimum atomic E-state index is -1.48. The Balaban J connectivity index is 0.000000211. The van der Waals surface area contributed by atoms with Crippen molar-refractivity contribution in [1.82, 2.24) is 34.8 Å². The molecule has 7 rings (SSSR count). The zero-order valence-corrected chi connectivity index (χ0v) is 39.8. The number of aliphatic hydroxyl groups excluding tert-OH is 1. The van der Waals surface area contributed by atoms with E-state index in [9.17, 15) is 73.3 Å². The summed E-state index contributed by atoms with van der Waals surface area (Å²) < 4.78 is 5.02. The van der Waals surface area contributed by atoms with Gasteiger partial charge in [0, 0.05) is 138 Å². The molecular formula is C44H53N9O19. The van der Waals surface area contributed by atoms with E-state index in [0.717, 1.165) is 26.2 Å². The Bertz CT molecular complexity index is 2400. The van der Waals surface area contributed by atoms with E-state index < -0.39 is 69.8 Å². The van der Waals surface area contributed by atoms with Crippen LogP contribution in [0.1, 0.15) is 84.2 Å². The number of aliphatic hydroxyl groups is 1. The van der Waals surface area contributed by atoms with Gasteiger partial charge in [0.1, 0.15) is 6.10 Å². The average Bonchev–Trinajstić information content (AvgIpc) is 3.95. The third-order valence-corrected chi connectivity index (χ3v) is 11.5. The number of hydrogen-bond donors (Lipinski definition) is 1. The van der Waals surface area contributed by atoms with Gasteiger partial charge in [-0.25, -0.2) is 4.79 Å². The van der Waals surface area contributed by atoms with Crippen LogP contribution in [0.2, 0.25) is 0 Å². The van der Waals surface area contributed by atoms with Crippen molar-refractivity contribution in [2.24, 2.45) is 0 Å². The number of benzene rings is 2. The van der Waals surface area contributed by atoms with E-state index in [2.05, 4.69) is 24.3 Å². The van der Waals surface area contributed by atoms with Crippen molar-refractivity contribution in [1.29, 1.82) is 0 Å². The number of nitrogens with zero attached hydrogens (tertiary/aromatic N) is 9. The predicted octanol–water partition coefficient (Wildman–Crippen LogP) is 1.30. The van der Waals surface area contributed by atoms with Gasteiger partial charge in [0.15, 0.2) is 0 Å². The van der Waals surface area contributed by atoms with E-state index in [0.29, 0.717) is 42.4 Å². The summed E-state index contributed by atoms with van der Waals surface area (Å²) in [5, 5.41) is 33.1. The van der Waals surface area contributed by atoms with Gasteiger partial charge < -0.3 is 29.4 Å². The van der Waals surface area contributed by atoms with Crippen molar-refractivity contribution in [3.8, 4) is 0 Å². The number of hydroxylamine groups is 6. The van der Waals surface area contributed by atoms with E-state index in [1.165, 1.54) is 31.2 Å². The molecule has 72 heavy (non-hydrogen) atoms. The lowest BCUT2D eigenvalue weighted by molar-refractivity contribution is -0.385. The number of imide groups is 3. The molecule has 388 valence electrons. The molecule has 0 radical (unpaired) electrons. The molecule has 0 saturated carbocycles. The monoisotopic (exact) mass is 1010 g/mol. The molecule has 5 heterocycles. The minimum absolute atomic E-state index is 0.0315. The van der Waals surface area contributed by atoms with Gasteiger partial charge in [-0.1, -0.05) is 27.3 Å². The molecule has 8 amide bonds. The van der Waals surface area contributed by atoms with Crippen LogP contribution in [-0.2, 0) is 60.9 Å². The number of carbonyl (C=O) groups is 10. The van der Waals surface area contributed by atoms with Crippen molar-refractivity contribution in [2.45, 2.75) is 77.4 Å². The Morgan fingerprint density at radius 3 is 1.18 bits per heavy atom. The molecule has 28 heteroatoms. The number of ether oxygens (including phenoxy) is 1. The molecule has 5 aliphatic heterocycles. The van der Waals surface area contributed by atoms with E-state index >= 15 is 0 Å². The van der Waals surface area contributed by atoms with Crippen LogP contribution in [0.25, 0.3) is 0 Å². The summed E-state index contributed by atoms with van der Waals surface area (Å²) in [7, 11) is 3.96. The van der Waals surface area contributed by atoms with Gasteiger partial charge in [-0.15, -0.1) is 0 Å². The fourth-order valence-corrected chi connectivity index (χ4v) is 7.53. The Kier molecular flexibility index (Phi) is 18.9. The number of likely N-dealkylation sites (N-methyl/N-ethyl adjacent to an activating group) is 2. The number of piperazine rings is 2. The Labute approximate surface area is 409 Å². The van der Waals surface area contributed by atoms with Crippen LogP contribution in [0.15, 0.2) is 36.4 Å². The molecule has 5 fully saturated rings. The van der Waals surface area contributed by atoms with Crippen LogP contribution in [0.5, 0.6) is 0 Å². The summed E-state index contributed by atoms with van der Waals surface area (Å²) in [6, 6.07) is 8.68. The van der Waals surface area contributed by atoms with Gasteiger partial charge in [0.05, 0.1) is 16.0 Å². The SMILES string of the molecule is CC(Cc1ccc(C(=O)N2CCN(C)CC2)cc1[N+](=O)[O-])OC(=O)ON1C(=O)CCC1=O.CC(O)Cc1ccc(C(=O)N2CCN(C)CC2)cc1[N+](=O)[O-].O=C(ON1C(=O)CCC1=O)ON1C(=O)CCC1=O. The van der Waals surface area contributed by atoms with Crippen molar-refractivity contribution >= 4 is 70.9 Å². The molecule has 1 N–H and O–H groups in total. The first-order valence-electron chi connectivity index (χ1n) is 22.6. The summed E-state index contributed by atoms with van der Waals surface area (Å²) in [6.07, 6.45) is -4.45. The summed E-state index contributed by atoms with van der Waals surface area (Å²) in [4.78, 5) is 158. The third-order valence-electron chi connectivity index (χ3n) is 11.5. The second kappa shape index (κ2) is 24.7. The maximum Gasteiger partial charge on any atom is 0.560 e. The summed E-state index contributed by atoms with van der Waals surface area (Å²) >= 11 is 0. The van der Waals surface area contributed by atoms with E-state index in [4.69, 9.17) is 4.74 Å². The lowest BCUT2D eigenvalue weighted by Crippen LogP contribution is -2.47. The largest absolute Gasteiger partial charge is 0.560 e. The van der Waals surface area contributed by atoms with Crippen molar-refractivity contribution in [3.63, 3.8) is 0 Å². The van der Waals surface area contributed by atoms with Gasteiger partial charge in [0.2, 0.25) is 0 Å². The molecule has 0 aliphatic carbocycles. The molecule has 2 atom stereocenters. The van der Waals surface area contributed by atoms with Gasteiger partial charge in [-0.2, -0.15) is 4.79 Å². The molecule has 5 aliphatic rings. The third kappa shape index (κ3) is 14.8. The van der Waals surface area contributed by atoms with Crippen LogP contribution in [0.3, 0.4) is 0 Å². The zero-order valence-electron chi connectivity index (χ0n) is 39.8. The van der Waals surface area contributed by atoms with Crippen molar-refractivity contribution < 1.29 is 82.1 Å². The predicted molar refractivity (Wildman–Crippen MR) is 240 cm³/mol. The molecule has 28 nitrogen and oxygen atoms in total. The number of carbonyl (C=O) groups excluding carboxylic acids is 10. The number of amides is 8. The van der Waals surface area contributed by atoms with Crippen molar-refractivity contribution in [3.05, 3.63) is 78.9 Å². The number of rotatable bonds is 12. The quantitative estimate of drug-likeness (QED) is 0.135. The lowest BCUT2D eigenvalue weighted by atomic mass is 10.0. The molecule has 0 aromatic heterocycles. The van der Waals surface area contributed by atoms with Gasteiger partial charge in [-0.05, 0) is 40.1 Å². The maximum absolute atomic E-state index is 12.7. The highest BCUT2D eigenvalue weighted by molar-refractivity contribution is 6.03. The smallest absolute Gasteiger partial charge is 0.429 e. The fourth-order valence-electron chi connectivity index (χ4n) is 7.53.